The lowest BCUT2D eigenvalue weighted by Gasteiger charge is -2.06. The third kappa shape index (κ3) is 15.5. The lowest BCUT2D eigenvalue weighted by atomic mass is 10.1. The van der Waals surface area contributed by atoms with Gasteiger partial charge in [-0.25, -0.2) is 4.39 Å². The van der Waals surface area contributed by atoms with Gasteiger partial charge in [0.15, 0.2) is 11.6 Å². The number of hydrogen-bond acceptors (Lipinski definition) is 4. The van der Waals surface area contributed by atoms with E-state index in [9.17, 15) is 14.0 Å². The average molecular weight is 437 g/mol. The van der Waals surface area contributed by atoms with Gasteiger partial charge in [0.1, 0.15) is 0 Å². The molecule has 0 saturated heterocycles. The first-order valence-corrected chi connectivity index (χ1v) is 12.2. The highest BCUT2D eigenvalue weighted by Gasteiger charge is 2.08. The molecule has 176 valence electrons. The minimum absolute atomic E-state index is 0.0122. The molecule has 1 rings (SSSR count). The maximum Gasteiger partial charge on any atom is 0.311 e. The highest BCUT2D eigenvalue weighted by atomic mass is 19.1. The van der Waals surface area contributed by atoms with E-state index in [0.29, 0.717) is 19.4 Å². The van der Waals surface area contributed by atoms with Gasteiger partial charge < -0.3 is 9.47 Å². The van der Waals surface area contributed by atoms with Gasteiger partial charge in [-0.2, -0.15) is 0 Å². The Morgan fingerprint density at radius 1 is 0.710 bits per heavy atom. The van der Waals surface area contributed by atoms with Gasteiger partial charge in [0.2, 0.25) is 0 Å². The predicted molar refractivity (Wildman–Crippen MR) is 123 cm³/mol. The summed E-state index contributed by atoms with van der Waals surface area (Å²) in [5, 5.41) is 0. The Bertz CT molecular complexity index is 603. The molecule has 0 unspecified atom stereocenters. The average Bonchev–Trinajstić information content (AvgIpc) is 2.76. The predicted octanol–water partition coefficient (Wildman–Crippen LogP) is 7.54. The Morgan fingerprint density at radius 3 is 1.84 bits per heavy atom. The standard InChI is InChI=1S/C26H41FO4/c1-2-3-4-5-6-9-12-17-22-30-25(28)20-13-10-7-8-11-14-21-26(29)31-24-19-16-15-18-23(24)27/h15-16,18-19H,2-14,17,20-22H2,1H3. The van der Waals surface area contributed by atoms with Gasteiger partial charge in [-0.05, 0) is 31.4 Å². The SMILES string of the molecule is CCCCCCCCCCOC(=O)CCCCCCCCC(=O)Oc1ccccc1F. The molecule has 0 bridgehead atoms. The summed E-state index contributed by atoms with van der Waals surface area (Å²) in [5.74, 6) is -1.02. The highest BCUT2D eigenvalue weighted by molar-refractivity contribution is 5.72. The van der Waals surface area contributed by atoms with Crippen molar-refractivity contribution in [2.24, 2.45) is 0 Å². The summed E-state index contributed by atoms with van der Waals surface area (Å²) in [6, 6.07) is 5.92. The molecule has 0 fully saturated rings. The molecule has 0 spiro atoms. The van der Waals surface area contributed by atoms with Crippen molar-refractivity contribution < 1.29 is 23.5 Å². The van der Waals surface area contributed by atoms with E-state index < -0.39 is 11.8 Å². The summed E-state index contributed by atoms with van der Waals surface area (Å²) in [6.45, 7) is 2.78. The fourth-order valence-electron chi connectivity index (χ4n) is 3.44. The number of esters is 2. The van der Waals surface area contributed by atoms with Crippen LogP contribution in [0.4, 0.5) is 4.39 Å². The first-order valence-electron chi connectivity index (χ1n) is 12.2. The molecule has 0 aliphatic rings. The molecule has 4 nitrogen and oxygen atoms in total. The third-order valence-corrected chi connectivity index (χ3v) is 5.33. The fourth-order valence-corrected chi connectivity index (χ4v) is 3.44. The summed E-state index contributed by atoms with van der Waals surface area (Å²) in [6.07, 6.45) is 16.3. The minimum Gasteiger partial charge on any atom is -0.466 e. The Hall–Kier alpha value is -1.91. The van der Waals surface area contributed by atoms with Crippen LogP contribution in [0, 0.1) is 5.82 Å². The lowest BCUT2D eigenvalue weighted by Crippen LogP contribution is -2.08. The van der Waals surface area contributed by atoms with Crippen LogP contribution in [0.2, 0.25) is 0 Å². The van der Waals surface area contributed by atoms with E-state index in [4.69, 9.17) is 9.47 Å². The number of unbranched alkanes of at least 4 members (excludes halogenated alkanes) is 12. The second kappa shape index (κ2) is 18.8. The molecule has 0 aromatic heterocycles. The van der Waals surface area contributed by atoms with Crippen LogP contribution in [-0.4, -0.2) is 18.5 Å². The Kier molecular flexibility index (Phi) is 16.5. The maximum absolute atomic E-state index is 13.4. The Morgan fingerprint density at radius 2 is 1.23 bits per heavy atom. The summed E-state index contributed by atoms with van der Waals surface area (Å²) < 4.78 is 23.7. The fraction of sp³-hybridized carbons (Fsp3) is 0.692. The van der Waals surface area contributed by atoms with Crippen molar-refractivity contribution in [3.63, 3.8) is 0 Å². The number of carbonyl (C=O) groups excluding carboxylic acids is 2. The van der Waals surface area contributed by atoms with E-state index in [1.807, 2.05) is 0 Å². The quantitative estimate of drug-likeness (QED) is 0.128. The molecule has 0 atom stereocenters. The smallest absolute Gasteiger partial charge is 0.311 e. The number of rotatable bonds is 19. The van der Waals surface area contributed by atoms with Crippen LogP contribution in [0.15, 0.2) is 24.3 Å². The normalized spacial score (nSPS) is 10.8. The summed E-state index contributed by atoms with van der Waals surface area (Å²) >= 11 is 0. The van der Waals surface area contributed by atoms with Crippen LogP contribution in [-0.2, 0) is 14.3 Å². The van der Waals surface area contributed by atoms with E-state index in [0.717, 1.165) is 51.4 Å². The van der Waals surface area contributed by atoms with Gasteiger partial charge in [-0.1, -0.05) is 89.7 Å². The molecule has 0 radical (unpaired) electrons. The van der Waals surface area contributed by atoms with Crippen molar-refractivity contribution >= 4 is 11.9 Å². The first-order chi connectivity index (χ1) is 15.1. The van der Waals surface area contributed by atoms with Crippen LogP contribution < -0.4 is 4.74 Å². The largest absolute Gasteiger partial charge is 0.466 e. The molecule has 31 heavy (non-hydrogen) atoms. The van der Waals surface area contributed by atoms with Crippen molar-refractivity contribution in [2.75, 3.05) is 6.61 Å². The van der Waals surface area contributed by atoms with Crippen LogP contribution in [0.5, 0.6) is 5.75 Å². The molecule has 0 aliphatic heterocycles. The molecular weight excluding hydrogens is 395 g/mol. The second-order valence-corrected chi connectivity index (χ2v) is 8.22. The van der Waals surface area contributed by atoms with Gasteiger partial charge in [0, 0.05) is 12.8 Å². The van der Waals surface area contributed by atoms with Gasteiger partial charge in [-0.15, -0.1) is 0 Å². The van der Waals surface area contributed by atoms with Gasteiger partial charge >= 0.3 is 11.9 Å². The van der Waals surface area contributed by atoms with Crippen LogP contribution >= 0.6 is 0 Å². The molecule has 1 aromatic carbocycles. The zero-order chi connectivity index (χ0) is 22.6. The number of ether oxygens (including phenoxy) is 2. The number of carbonyl (C=O) groups is 2. The van der Waals surface area contributed by atoms with Crippen molar-refractivity contribution in [1.82, 2.24) is 0 Å². The Labute approximate surface area is 187 Å². The van der Waals surface area contributed by atoms with E-state index >= 15 is 0 Å². The maximum atomic E-state index is 13.4. The van der Waals surface area contributed by atoms with Crippen molar-refractivity contribution in [3.05, 3.63) is 30.1 Å². The molecule has 0 heterocycles. The highest BCUT2D eigenvalue weighted by Crippen LogP contribution is 2.17. The molecule has 5 heteroatoms. The summed E-state index contributed by atoms with van der Waals surface area (Å²) in [5.41, 5.74) is 0. The topological polar surface area (TPSA) is 52.6 Å². The van der Waals surface area contributed by atoms with E-state index in [2.05, 4.69) is 6.92 Å². The molecule has 0 saturated carbocycles. The van der Waals surface area contributed by atoms with E-state index in [1.165, 1.54) is 50.7 Å². The number of halogens is 1. The van der Waals surface area contributed by atoms with Crippen LogP contribution in [0.1, 0.15) is 110 Å². The van der Waals surface area contributed by atoms with Crippen molar-refractivity contribution in [2.45, 2.75) is 110 Å². The zero-order valence-electron chi connectivity index (χ0n) is 19.3. The number of hydrogen-bond donors (Lipinski definition) is 0. The number of para-hydroxylation sites is 1. The van der Waals surface area contributed by atoms with Gasteiger partial charge in [-0.3, -0.25) is 9.59 Å². The zero-order valence-corrected chi connectivity index (χ0v) is 19.3. The monoisotopic (exact) mass is 436 g/mol. The summed E-state index contributed by atoms with van der Waals surface area (Å²) in [7, 11) is 0. The molecule has 0 amide bonds. The van der Waals surface area contributed by atoms with Crippen molar-refractivity contribution in [3.8, 4) is 5.75 Å². The van der Waals surface area contributed by atoms with Crippen LogP contribution in [0.3, 0.4) is 0 Å². The summed E-state index contributed by atoms with van der Waals surface area (Å²) in [4.78, 5) is 23.5. The first kappa shape index (κ1) is 27.1. The third-order valence-electron chi connectivity index (χ3n) is 5.33. The van der Waals surface area contributed by atoms with Gasteiger partial charge in [0.05, 0.1) is 6.61 Å². The molecule has 0 aliphatic carbocycles. The lowest BCUT2D eigenvalue weighted by molar-refractivity contribution is -0.144. The number of benzene rings is 1. The van der Waals surface area contributed by atoms with Gasteiger partial charge in [0.25, 0.3) is 0 Å². The minimum atomic E-state index is -0.521. The molecule has 1 aromatic rings. The Balaban J connectivity index is 1.85. The van der Waals surface area contributed by atoms with Crippen LogP contribution in [0.25, 0.3) is 0 Å². The van der Waals surface area contributed by atoms with Crippen molar-refractivity contribution in [1.29, 1.82) is 0 Å². The molecule has 0 N–H and O–H groups in total. The van der Waals surface area contributed by atoms with E-state index in [1.54, 1.807) is 12.1 Å². The second-order valence-electron chi connectivity index (χ2n) is 8.22. The van der Waals surface area contributed by atoms with E-state index in [-0.39, 0.29) is 11.7 Å². The molecular formula is C26H41FO4.